The van der Waals surface area contributed by atoms with Gasteiger partial charge in [0.1, 0.15) is 5.75 Å². The SMILES string of the molecule is CCC(NC(=O)c1cn(C2CCNCC2)nn1)c1ccc(OC)cc1. The van der Waals surface area contributed by atoms with Gasteiger partial charge in [0.15, 0.2) is 5.69 Å². The van der Waals surface area contributed by atoms with E-state index in [1.165, 1.54) is 0 Å². The number of amides is 1. The second-order valence-electron chi connectivity index (χ2n) is 6.27. The van der Waals surface area contributed by atoms with Crippen molar-refractivity contribution >= 4 is 5.91 Å². The molecule has 134 valence electrons. The Morgan fingerprint density at radius 1 is 1.36 bits per heavy atom. The van der Waals surface area contributed by atoms with Gasteiger partial charge in [-0.3, -0.25) is 4.79 Å². The monoisotopic (exact) mass is 343 g/mol. The van der Waals surface area contributed by atoms with E-state index in [0.717, 1.165) is 43.7 Å². The Balaban J connectivity index is 1.66. The van der Waals surface area contributed by atoms with Crippen LogP contribution in [0.2, 0.25) is 0 Å². The van der Waals surface area contributed by atoms with E-state index in [2.05, 4.69) is 20.9 Å². The van der Waals surface area contributed by atoms with E-state index in [-0.39, 0.29) is 11.9 Å². The Morgan fingerprint density at radius 3 is 2.72 bits per heavy atom. The third-order valence-electron chi connectivity index (χ3n) is 4.66. The number of nitrogens with one attached hydrogen (secondary N) is 2. The van der Waals surface area contributed by atoms with E-state index in [0.29, 0.717) is 11.7 Å². The van der Waals surface area contributed by atoms with Crippen LogP contribution in [0.1, 0.15) is 54.3 Å². The van der Waals surface area contributed by atoms with Gasteiger partial charge in [0.2, 0.25) is 0 Å². The number of hydrogen-bond donors (Lipinski definition) is 2. The summed E-state index contributed by atoms with van der Waals surface area (Å²) in [6, 6.07) is 7.99. The quantitative estimate of drug-likeness (QED) is 0.839. The maximum absolute atomic E-state index is 12.5. The second kappa shape index (κ2) is 8.11. The molecule has 1 aromatic heterocycles. The molecule has 7 nitrogen and oxygen atoms in total. The molecule has 1 fully saturated rings. The minimum Gasteiger partial charge on any atom is -0.497 e. The molecule has 1 saturated heterocycles. The maximum atomic E-state index is 12.5. The van der Waals surface area contributed by atoms with Gasteiger partial charge in [-0.15, -0.1) is 5.10 Å². The molecule has 2 heterocycles. The molecule has 2 aromatic rings. The fourth-order valence-electron chi connectivity index (χ4n) is 3.12. The largest absolute Gasteiger partial charge is 0.497 e. The van der Waals surface area contributed by atoms with E-state index in [9.17, 15) is 4.79 Å². The van der Waals surface area contributed by atoms with Gasteiger partial charge in [0.05, 0.1) is 25.4 Å². The zero-order chi connectivity index (χ0) is 17.6. The van der Waals surface area contributed by atoms with Crippen molar-refractivity contribution in [2.24, 2.45) is 0 Å². The van der Waals surface area contributed by atoms with Crippen LogP contribution in [0, 0.1) is 0 Å². The number of aromatic nitrogens is 3. The highest BCUT2D eigenvalue weighted by Gasteiger charge is 2.20. The lowest BCUT2D eigenvalue weighted by Crippen LogP contribution is -2.30. The summed E-state index contributed by atoms with van der Waals surface area (Å²) in [6.45, 7) is 3.99. The highest BCUT2D eigenvalue weighted by molar-refractivity contribution is 5.92. The number of hydrogen-bond acceptors (Lipinski definition) is 5. The van der Waals surface area contributed by atoms with Gasteiger partial charge in [-0.1, -0.05) is 24.3 Å². The van der Waals surface area contributed by atoms with Gasteiger partial charge < -0.3 is 15.4 Å². The second-order valence-corrected chi connectivity index (χ2v) is 6.27. The molecule has 3 rings (SSSR count). The normalized spacial score (nSPS) is 16.4. The number of rotatable bonds is 6. The van der Waals surface area contributed by atoms with Crippen molar-refractivity contribution in [1.82, 2.24) is 25.6 Å². The zero-order valence-electron chi connectivity index (χ0n) is 14.7. The molecule has 0 aliphatic carbocycles. The fourth-order valence-corrected chi connectivity index (χ4v) is 3.12. The van der Waals surface area contributed by atoms with E-state index < -0.39 is 0 Å². The van der Waals surface area contributed by atoms with E-state index in [4.69, 9.17) is 4.74 Å². The maximum Gasteiger partial charge on any atom is 0.273 e. The highest BCUT2D eigenvalue weighted by Crippen LogP contribution is 2.21. The molecule has 1 unspecified atom stereocenters. The lowest BCUT2D eigenvalue weighted by molar-refractivity contribution is 0.0930. The van der Waals surface area contributed by atoms with Gasteiger partial charge in [0, 0.05) is 0 Å². The standard InChI is InChI=1S/C18H25N5O2/c1-3-16(13-4-6-15(25-2)7-5-13)20-18(24)17-12-23(22-21-17)14-8-10-19-11-9-14/h4-7,12,14,16,19H,3,8-11H2,1-2H3,(H,20,24). The molecule has 1 atom stereocenters. The van der Waals surface area contributed by atoms with Crippen molar-refractivity contribution in [2.45, 2.75) is 38.3 Å². The zero-order valence-corrected chi connectivity index (χ0v) is 14.7. The number of ether oxygens (including phenoxy) is 1. The first-order chi connectivity index (χ1) is 12.2. The first kappa shape index (κ1) is 17.4. The first-order valence-electron chi connectivity index (χ1n) is 8.78. The predicted molar refractivity (Wildman–Crippen MR) is 94.7 cm³/mol. The van der Waals surface area contributed by atoms with Crippen molar-refractivity contribution in [3.63, 3.8) is 0 Å². The van der Waals surface area contributed by atoms with Gasteiger partial charge in [0.25, 0.3) is 5.91 Å². The summed E-state index contributed by atoms with van der Waals surface area (Å²) in [7, 11) is 1.64. The molecule has 0 radical (unpaired) electrons. The molecular formula is C18H25N5O2. The smallest absolute Gasteiger partial charge is 0.273 e. The summed E-state index contributed by atoms with van der Waals surface area (Å²) in [5.74, 6) is 0.609. The van der Waals surface area contributed by atoms with Crippen molar-refractivity contribution in [3.05, 3.63) is 41.7 Å². The highest BCUT2D eigenvalue weighted by atomic mass is 16.5. The molecule has 1 amide bonds. The van der Waals surface area contributed by atoms with Crippen LogP contribution < -0.4 is 15.4 Å². The topological polar surface area (TPSA) is 81.1 Å². The van der Waals surface area contributed by atoms with E-state index in [1.807, 2.05) is 35.9 Å². The molecule has 1 aromatic carbocycles. The molecule has 0 bridgehead atoms. The van der Waals surface area contributed by atoms with Gasteiger partial charge >= 0.3 is 0 Å². The summed E-state index contributed by atoms with van der Waals surface area (Å²) in [5, 5.41) is 14.6. The lowest BCUT2D eigenvalue weighted by atomic mass is 10.0. The molecule has 7 heteroatoms. The van der Waals surface area contributed by atoms with E-state index in [1.54, 1.807) is 13.3 Å². The van der Waals surface area contributed by atoms with Gasteiger partial charge in [-0.2, -0.15) is 0 Å². The molecular weight excluding hydrogens is 318 g/mol. The van der Waals surface area contributed by atoms with Crippen molar-refractivity contribution in [1.29, 1.82) is 0 Å². The van der Waals surface area contributed by atoms with Crippen LogP contribution in [0.3, 0.4) is 0 Å². The number of nitrogens with zero attached hydrogens (tertiary/aromatic N) is 3. The van der Waals surface area contributed by atoms with Crippen LogP contribution in [-0.4, -0.2) is 41.1 Å². The predicted octanol–water partition coefficient (Wildman–Crippen LogP) is 2.09. The Kier molecular flexibility index (Phi) is 5.65. The van der Waals surface area contributed by atoms with Crippen molar-refractivity contribution < 1.29 is 9.53 Å². The minimum absolute atomic E-state index is 0.0672. The number of carbonyl (C=O) groups excluding carboxylic acids is 1. The summed E-state index contributed by atoms with van der Waals surface area (Å²) in [6.07, 6.45) is 4.56. The molecule has 25 heavy (non-hydrogen) atoms. The van der Waals surface area contributed by atoms with Gasteiger partial charge in [-0.05, 0) is 50.0 Å². The number of methoxy groups -OCH3 is 1. The fraction of sp³-hybridized carbons (Fsp3) is 0.500. The van der Waals surface area contributed by atoms with E-state index >= 15 is 0 Å². The summed E-state index contributed by atoms with van der Waals surface area (Å²) in [4.78, 5) is 12.5. The van der Waals surface area contributed by atoms with Crippen LogP contribution in [0.4, 0.5) is 0 Å². The number of carbonyl (C=O) groups is 1. The number of benzene rings is 1. The molecule has 1 aliphatic rings. The minimum atomic E-state index is -0.192. The average molecular weight is 343 g/mol. The Morgan fingerprint density at radius 2 is 2.08 bits per heavy atom. The Bertz CT molecular complexity index is 692. The Hall–Kier alpha value is -2.41. The number of piperidine rings is 1. The van der Waals surface area contributed by atoms with Crippen LogP contribution in [-0.2, 0) is 0 Å². The molecule has 2 N–H and O–H groups in total. The van der Waals surface area contributed by atoms with Crippen molar-refractivity contribution in [2.75, 3.05) is 20.2 Å². The summed E-state index contributed by atoms with van der Waals surface area (Å²) >= 11 is 0. The third-order valence-corrected chi connectivity index (χ3v) is 4.66. The van der Waals surface area contributed by atoms with Crippen LogP contribution in [0.5, 0.6) is 5.75 Å². The van der Waals surface area contributed by atoms with Crippen LogP contribution >= 0.6 is 0 Å². The molecule has 1 aliphatic heterocycles. The third kappa shape index (κ3) is 4.17. The first-order valence-corrected chi connectivity index (χ1v) is 8.78. The lowest BCUT2D eigenvalue weighted by Gasteiger charge is -2.22. The Labute approximate surface area is 147 Å². The molecule has 0 spiro atoms. The molecule has 0 saturated carbocycles. The van der Waals surface area contributed by atoms with Crippen LogP contribution in [0.15, 0.2) is 30.5 Å². The van der Waals surface area contributed by atoms with Gasteiger partial charge in [-0.25, -0.2) is 4.68 Å². The summed E-state index contributed by atoms with van der Waals surface area (Å²) < 4.78 is 7.00. The summed E-state index contributed by atoms with van der Waals surface area (Å²) in [5.41, 5.74) is 1.41. The average Bonchev–Trinajstić information content (AvgIpc) is 3.17. The van der Waals surface area contributed by atoms with Crippen LogP contribution in [0.25, 0.3) is 0 Å². The van der Waals surface area contributed by atoms with Crippen molar-refractivity contribution in [3.8, 4) is 5.75 Å².